The second-order valence-corrected chi connectivity index (χ2v) is 3.66. The molecule has 0 heterocycles. The first-order valence-corrected chi connectivity index (χ1v) is 5.35. The highest BCUT2D eigenvalue weighted by atomic mass is 19.4. The van der Waals surface area contributed by atoms with Gasteiger partial charge in [-0.15, -0.1) is 0 Å². The Balaban J connectivity index is 2.55. The van der Waals surface area contributed by atoms with Gasteiger partial charge >= 0.3 is 6.18 Å². The highest BCUT2D eigenvalue weighted by Gasteiger charge is 2.27. The number of ketones is 1. The summed E-state index contributed by atoms with van der Waals surface area (Å²) >= 11 is 0. The Kier molecular flexibility index (Phi) is 5.29. The van der Waals surface area contributed by atoms with Crippen molar-refractivity contribution in [2.45, 2.75) is 12.6 Å². The van der Waals surface area contributed by atoms with Crippen LogP contribution in [0, 0.1) is 5.82 Å². The number of methoxy groups -OCH3 is 1. The van der Waals surface area contributed by atoms with Gasteiger partial charge in [-0.2, -0.15) is 13.2 Å². The lowest BCUT2D eigenvalue weighted by atomic mass is 10.1. The van der Waals surface area contributed by atoms with Crippen LogP contribution in [0.4, 0.5) is 17.6 Å². The second-order valence-electron chi connectivity index (χ2n) is 3.66. The van der Waals surface area contributed by atoms with Gasteiger partial charge < -0.3 is 9.47 Å². The van der Waals surface area contributed by atoms with Crippen LogP contribution >= 0.6 is 0 Å². The molecular weight excluding hydrogens is 268 g/mol. The van der Waals surface area contributed by atoms with Crippen molar-refractivity contribution in [1.29, 1.82) is 0 Å². The molecule has 0 aliphatic rings. The highest BCUT2D eigenvalue weighted by Crippen LogP contribution is 2.21. The molecule has 1 aromatic rings. The minimum Gasteiger partial charge on any atom is -0.494 e. The van der Waals surface area contributed by atoms with E-state index < -0.39 is 31.0 Å². The number of ether oxygens (including phenoxy) is 2. The van der Waals surface area contributed by atoms with E-state index in [-0.39, 0.29) is 17.7 Å². The van der Waals surface area contributed by atoms with Gasteiger partial charge in [-0.1, -0.05) is 6.07 Å². The molecule has 0 spiro atoms. The number of carbonyl (C=O) groups excluding carboxylic acids is 1. The first-order chi connectivity index (χ1) is 8.85. The zero-order chi connectivity index (χ0) is 14.5. The Morgan fingerprint density at radius 1 is 1.32 bits per heavy atom. The fourth-order valence-electron chi connectivity index (χ4n) is 1.37. The van der Waals surface area contributed by atoms with Crippen molar-refractivity contribution in [3.05, 3.63) is 29.6 Å². The molecule has 7 heteroatoms. The molecule has 0 aliphatic carbocycles. The minimum atomic E-state index is -4.44. The zero-order valence-corrected chi connectivity index (χ0v) is 10.1. The van der Waals surface area contributed by atoms with Crippen molar-refractivity contribution >= 4 is 5.78 Å². The van der Waals surface area contributed by atoms with Crippen LogP contribution in [0.1, 0.15) is 16.8 Å². The Hall–Kier alpha value is -1.63. The average Bonchev–Trinajstić information content (AvgIpc) is 2.33. The average molecular weight is 280 g/mol. The summed E-state index contributed by atoms with van der Waals surface area (Å²) in [7, 11) is 1.25. The highest BCUT2D eigenvalue weighted by molar-refractivity contribution is 5.96. The predicted octanol–water partition coefficient (Wildman–Crippen LogP) is 2.99. The summed E-state index contributed by atoms with van der Waals surface area (Å²) in [5, 5.41) is 0. The van der Waals surface area contributed by atoms with Crippen LogP contribution in [-0.2, 0) is 4.74 Å². The van der Waals surface area contributed by atoms with Crippen LogP contribution < -0.4 is 4.74 Å². The van der Waals surface area contributed by atoms with E-state index >= 15 is 0 Å². The smallest absolute Gasteiger partial charge is 0.411 e. The fourth-order valence-corrected chi connectivity index (χ4v) is 1.37. The van der Waals surface area contributed by atoms with Crippen molar-refractivity contribution in [2.24, 2.45) is 0 Å². The van der Waals surface area contributed by atoms with Crippen LogP contribution in [-0.4, -0.2) is 32.3 Å². The number of hydrogen-bond acceptors (Lipinski definition) is 3. The van der Waals surface area contributed by atoms with Crippen molar-refractivity contribution in [2.75, 3.05) is 20.3 Å². The van der Waals surface area contributed by atoms with E-state index in [0.29, 0.717) is 0 Å². The van der Waals surface area contributed by atoms with Crippen LogP contribution in [0.2, 0.25) is 0 Å². The van der Waals surface area contributed by atoms with Crippen LogP contribution in [0.5, 0.6) is 5.75 Å². The van der Waals surface area contributed by atoms with E-state index in [4.69, 9.17) is 4.74 Å². The van der Waals surface area contributed by atoms with Gasteiger partial charge in [0.05, 0.1) is 19.3 Å². The number of alkyl halides is 3. The molecule has 0 aliphatic heterocycles. The van der Waals surface area contributed by atoms with Crippen molar-refractivity contribution in [1.82, 2.24) is 0 Å². The maximum absolute atomic E-state index is 13.7. The molecule has 0 atom stereocenters. The van der Waals surface area contributed by atoms with Crippen LogP contribution in [0.3, 0.4) is 0 Å². The van der Waals surface area contributed by atoms with E-state index in [1.165, 1.54) is 25.3 Å². The third-order valence-electron chi connectivity index (χ3n) is 2.22. The standard InChI is InChI=1S/C12H12F4O3/c1-18-10-4-2-3-8(11(10)13)9(17)5-6-19-7-12(14,15)16/h2-4H,5-7H2,1H3. The van der Waals surface area contributed by atoms with Gasteiger partial charge in [-0.05, 0) is 12.1 Å². The first-order valence-electron chi connectivity index (χ1n) is 5.35. The zero-order valence-electron chi connectivity index (χ0n) is 10.1. The molecule has 0 fully saturated rings. The van der Waals surface area contributed by atoms with E-state index in [1.54, 1.807) is 0 Å². The molecule has 1 aromatic carbocycles. The summed E-state index contributed by atoms with van der Waals surface area (Å²) in [4.78, 5) is 11.6. The summed E-state index contributed by atoms with van der Waals surface area (Å²) < 4.78 is 58.0. The van der Waals surface area contributed by atoms with E-state index in [0.717, 1.165) is 0 Å². The monoisotopic (exact) mass is 280 g/mol. The molecule has 0 saturated heterocycles. The van der Waals surface area contributed by atoms with Gasteiger partial charge in [0, 0.05) is 6.42 Å². The Bertz CT molecular complexity index is 443. The first kappa shape index (κ1) is 15.4. The molecule has 19 heavy (non-hydrogen) atoms. The van der Waals surface area contributed by atoms with Gasteiger partial charge in [0.1, 0.15) is 6.61 Å². The summed E-state index contributed by atoms with van der Waals surface area (Å²) in [5.74, 6) is -1.56. The maximum atomic E-state index is 13.7. The normalized spacial score (nSPS) is 11.4. The summed E-state index contributed by atoms with van der Waals surface area (Å²) in [6, 6.07) is 4.00. The predicted molar refractivity (Wildman–Crippen MR) is 58.8 cm³/mol. The minimum absolute atomic E-state index is 0.0953. The van der Waals surface area contributed by atoms with Gasteiger partial charge in [0.15, 0.2) is 17.3 Å². The van der Waals surface area contributed by atoms with Gasteiger partial charge in [0.25, 0.3) is 0 Å². The Morgan fingerprint density at radius 3 is 2.58 bits per heavy atom. The van der Waals surface area contributed by atoms with Crippen LogP contribution in [0.15, 0.2) is 18.2 Å². The lowest BCUT2D eigenvalue weighted by Gasteiger charge is -2.08. The third-order valence-corrected chi connectivity index (χ3v) is 2.22. The molecule has 0 bridgehead atoms. The van der Waals surface area contributed by atoms with E-state index in [2.05, 4.69) is 4.74 Å². The molecule has 0 unspecified atom stereocenters. The lowest BCUT2D eigenvalue weighted by Crippen LogP contribution is -2.18. The molecule has 1 rings (SSSR count). The number of rotatable bonds is 6. The SMILES string of the molecule is COc1cccc(C(=O)CCOCC(F)(F)F)c1F. The molecule has 0 N–H and O–H groups in total. The summed E-state index contributed by atoms with van der Waals surface area (Å²) in [6.07, 6.45) is -4.77. The topological polar surface area (TPSA) is 35.5 Å². The molecule has 0 saturated carbocycles. The summed E-state index contributed by atoms with van der Waals surface area (Å²) in [5.41, 5.74) is -0.227. The Labute approximate surface area is 107 Å². The van der Waals surface area contributed by atoms with Crippen molar-refractivity contribution in [3.8, 4) is 5.75 Å². The van der Waals surface area contributed by atoms with Gasteiger partial charge in [-0.25, -0.2) is 4.39 Å². The lowest BCUT2D eigenvalue weighted by molar-refractivity contribution is -0.173. The van der Waals surface area contributed by atoms with Gasteiger partial charge in [0.2, 0.25) is 0 Å². The second kappa shape index (κ2) is 6.51. The molecular formula is C12H12F4O3. The molecule has 0 amide bonds. The summed E-state index contributed by atoms with van der Waals surface area (Å²) in [6.45, 7) is -1.85. The number of carbonyl (C=O) groups is 1. The maximum Gasteiger partial charge on any atom is 0.411 e. The molecule has 0 aromatic heterocycles. The molecule has 0 radical (unpaired) electrons. The fraction of sp³-hybridized carbons (Fsp3) is 0.417. The van der Waals surface area contributed by atoms with Crippen molar-refractivity contribution in [3.63, 3.8) is 0 Å². The number of halogens is 4. The van der Waals surface area contributed by atoms with E-state index in [9.17, 15) is 22.4 Å². The third kappa shape index (κ3) is 4.86. The van der Waals surface area contributed by atoms with E-state index in [1.807, 2.05) is 0 Å². The van der Waals surface area contributed by atoms with Gasteiger partial charge in [-0.3, -0.25) is 4.79 Å². The largest absolute Gasteiger partial charge is 0.494 e. The number of Topliss-reactive ketones (excluding diaryl/α,β-unsaturated/α-hetero) is 1. The molecule has 3 nitrogen and oxygen atoms in total. The van der Waals surface area contributed by atoms with Crippen molar-refractivity contribution < 1.29 is 31.8 Å². The number of benzene rings is 1. The Morgan fingerprint density at radius 2 is 2.00 bits per heavy atom. The molecule has 106 valence electrons. The number of hydrogen-bond donors (Lipinski definition) is 0. The quantitative estimate of drug-likeness (QED) is 0.456. The van der Waals surface area contributed by atoms with Crippen LogP contribution in [0.25, 0.3) is 0 Å².